The van der Waals surface area contributed by atoms with Gasteiger partial charge in [0.2, 0.25) is 11.8 Å². The van der Waals surface area contributed by atoms with E-state index in [1.54, 1.807) is 0 Å². The average Bonchev–Trinajstić information content (AvgIpc) is 3.31. The first-order valence-electron chi connectivity index (χ1n) is 10.0. The van der Waals surface area contributed by atoms with E-state index in [2.05, 4.69) is 9.97 Å². The number of carbonyl (C=O) groups excluding carboxylic acids is 1. The third-order valence-corrected chi connectivity index (χ3v) is 6.18. The third kappa shape index (κ3) is 3.72. The van der Waals surface area contributed by atoms with E-state index < -0.39 is 5.41 Å². The minimum Gasteiger partial charge on any atom is -0.472 e. The predicted octanol–water partition coefficient (Wildman–Crippen LogP) is 4.24. The first kappa shape index (κ1) is 19.2. The Kier molecular flexibility index (Phi) is 5.28. The molecule has 0 spiro atoms. The van der Waals surface area contributed by atoms with Gasteiger partial charge in [-0.1, -0.05) is 36.6 Å². The smallest absolute Gasteiger partial charge is 0.233 e. The number of likely N-dealkylation sites (tertiary alicyclic amines) is 1. The van der Waals surface area contributed by atoms with Crippen LogP contribution in [-0.2, 0) is 10.2 Å². The van der Waals surface area contributed by atoms with Gasteiger partial charge in [-0.15, -0.1) is 0 Å². The molecule has 1 atom stereocenters. The first-order valence-corrected chi connectivity index (χ1v) is 10.4. The molecule has 1 saturated heterocycles. The summed E-state index contributed by atoms with van der Waals surface area (Å²) in [5.41, 5.74) is 1.56. The highest BCUT2D eigenvalue weighted by molar-refractivity contribution is 6.30. The quantitative estimate of drug-likeness (QED) is 0.771. The van der Waals surface area contributed by atoms with E-state index in [0.29, 0.717) is 23.3 Å². The Bertz CT molecular complexity index is 842. The highest BCUT2D eigenvalue weighted by Gasteiger charge is 2.46. The van der Waals surface area contributed by atoms with E-state index in [1.165, 1.54) is 0 Å². The summed E-state index contributed by atoms with van der Waals surface area (Å²) in [6.45, 7) is 5.13. The normalized spacial score (nSPS) is 21.1. The fourth-order valence-electron chi connectivity index (χ4n) is 4.60. The van der Waals surface area contributed by atoms with Gasteiger partial charge in [-0.3, -0.25) is 4.79 Å². The Morgan fingerprint density at radius 3 is 2.57 bits per heavy atom. The van der Waals surface area contributed by atoms with Crippen LogP contribution in [0, 0.1) is 13.8 Å². The summed E-state index contributed by atoms with van der Waals surface area (Å²) in [5.74, 6) is 1.53. The minimum atomic E-state index is -0.415. The zero-order valence-electron chi connectivity index (χ0n) is 16.4. The maximum Gasteiger partial charge on any atom is 0.233 e. The van der Waals surface area contributed by atoms with Crippen molar-refractivity contribution in [3.05, 3.63) is 52.4 Å². The molecule has 28 heavy (non-hydrogen) atoms. The van der Waals surface area contributed by atoms with E-state index in [9.17, 15) is 4.79 Å². The molecule has 1 amide bonds. The number of rotatable bonds is 4. The lowest BCUT2D eigenvalue weighted by atomic mass is 9.77. The van der Waals surface area contributed by atoms with Crippen molar-refractivity contribution in [2.24, 2.45) is 0 Å². The van der Waals surface area contributed by atoms with Gasteiger partial charge in [0.25, 0.3) is 0 Å². The topological polar surface area (TPSA) is 55.3 Å². The molecule has 2 fully saturated rings. The number of hydrogen-bond acceptors (Lipinski definition) is 4. The van der Waals surface area contributed by atoms with Crippen LogP contribution >= 0.6 is 11.6 Å². The zero-order valence-corrected chi connectivity index (χ0v) is 17.2. The number of carbonyl (C=O) groups is 1. The second-order valence-electron chi connectivity index (χ2n) is 7.97. The number of aromatic nitrogens is 2. The van der Waals surface area contributed by atoms with Crippen molar-refractivity contribution >= 4 is 17.5 Å². The molecule has 2 heterocycles. The number of amides is 1. The van der Waals surface area contributed by atoms with Gasteiger partial charge >= 0.3 is 0 Å². The molecule has 1 aromatic carbocycles. The lowest BCUT2D eigenvalue weighted by molar-refractivity contribution is -0.136. The van der Waals surface area contributed by atoms with Gasteiger partial charge in [-0.2, -0.15) is 4.98 Å². The van der Waals surface area contributed by atoms with E-state index in [-0.39, 0.29) is 12.0 Å². The molecule has 1 aromatic heterocycles. The van der Waals surface area contributed by atoms with Gasteiger partial charge in [0, 0.05) is 29.7 Å². The van der Waals surface area contributed by atoms with Gasteiger partial charge in [0.1, 0.15) is 11.9 Å². The van der Waals surface area contributed by atoms with Gasteiger partial charge < -0.3 is 9.64 Å². The second kappa shape index (κ2) is 7.70. The van der Waals surface area contributed by atoms with Crippen molar-refractivity contribution in [3.8, 4) is 5.88 Å². The Hall–Kier alpha value is -2.14. The summed E-state index contributed by atoms with van der Waals surface area (Å²) in [6.07, 6.45) is 4.77. The summed E-state index contributed by atoms with van der Waals surface area (Å²) in [5, 5.41) is 0.703. The van der Waals surface area contributed by atoms with Crippen LogP contribution in [-0.4, -0.2) is 40.0 Å². The van der Waals surface area contributed by atoms with Crippen molar-refractivity contribution < 1.29 is 9.53 Å². The van der Waals surface area contributed by atoms with Gasteiger partial charge in [0.05, 0.1) is 12.0 Å². The van der Waals surface area contributed by atoms with Crippen LogP contribution in [0.3, 0.4) is 0 Å². The molecule has 0 N–H and O–H groups in total. The highest BCUT2D eigenvalue weighted by atomic mass is 35.5. The molecule has 1 aliphatic carbocycles. The van der Waals surface area contributed by atoms with Gasteiger partial charge in [-0.25, -0.2) is 4.98 Å². The number of halogens is 1. The maximum absolute atomic E-state index is 13.6. The number of nitrogens with zero attached hydrogens (tertiary/aromatic N) is 3. The number of ether oxygens (including phenoxy) is 1. The largest absolute Gasteiger partial charge is 0.472 e. The Morgan fingerprint density at radius 2 is 1.89 bits per heavy atom. The molecule has 2 aromatic rings. The summed E-state index contributed by atoms with van der Waals surface area (Å²) in [7, 11) is 0. The van der Waals surface area contributed by atoms with Crippen LogP contribution in [0.15, 0.2) is 30.3 Å². The van der Waals surface area contributed by atoms with E-state index in [0.717, 1.165) is 49.9 Å². The van der Waals surface area contributed by atoms with Crippen molar-refractivity contribution in [2.75, 3.05) is 13.1 Å². The van der Waals surface area contributed by atoms with E-state index in [4.69, 9.17) is 16.3 Å². The lowest BCUT2D eigenvalue weighted by Crippen LogP contribution is -2.45. The molecule has 0 bridgehead atoms. The molecule has 2 aliphatic rings. The Labute approximate surface area is 171 Å². The van der Waals surface area contributed by atoms with E-state index in [1.807, 2.05) is 49.1 Å². The molecular formula is C22H26ClN3O2. The molecule has 0 radical (unpaired) electrons. The monoisotopic (exact) mass is 399 g/mol. The van der Waals surface area contributed by atoms with Gasteiger partial charge in [-0.05, 0) is 44.4 Å². The molecule has 148 valence electrons. The first-order chi connectivity index (χ1) is 13.5. The SMILES string of the molecule is Cc1cc(O[C@@H]2CCN(C(=O)C3(c4ccc(Cl)cc4)CCCC3)C2)nc(C)n1. The zero-order chi connectivity index (χ0) is 19.7. The molecular weight excluding hydrogens is 374 g/mol. The van der Waals surface area contributed by atoms with Crippen molar-refractivity contribution in [3.63, 3.8) is 0 Å². The number of aryl methyl sites for hydroxylation is 2. The molecule has 5 nitrogen and oxygen atoms in total. The maximum atomic E-state index is 13.6. The summed E-state index contributed by atoms with van der Waals surface area (Å²) < 4.78 is 6.07. The second-order valence-corrected chi connectivity index (χ2v) is 8.41. The van der Waals surface area contributed by atoms with Crippen LogP contribution in [0.1, 0.15) is 49.2 Å². The molecule has 6 heteroatoms. The van der Waals surface area contributed by atoms with Crippen LogP contribution in [0.2, 0.25) is 5.02 Å². The highest BCUT2D eigenvalue weighted by Crippen LogP contribution is 2.43. The average molecular weight is 400 g/mol. The summed E-state index contributed by atoms with van der Waals surface area (Å²) >= 11 is 6.07. The van der Waals surface area contributed by atoms with Crippen molar-refractivity contribution in [1.29, 1.82) is 0 Å². The van der Waals surface area contributed by atoms with Crippen molar-refractivity contribution in [2.45, 2.75) is 57.5 Å². The summed E-state index contributed by atoms with van der Waals surface area (Å²) in [4.78, 5) is 24.2. The number of benzene rings is 1. The van der Waals surface area contributed by atoms with Gasteiger partial charge in [0.15, 0.2) is 0 Å². The fourth-order valence-corrected chi connectivity index (χ4v) is 4.73. The van der Waals surface area contributed by atoms with E-state index >= 15 is 0 Å². The number of hydrogen-bond donors (Lipinski definition) is 0. The molecule has 1 aliphatic heterocycles. The third-order valence-electron chi connectivity index (χ3n) is 5.93. The molecule has 4 rings (SSSR count). The fraction of sp³-hybridized carbons (Fsp3) is 0.500. The lowest BCUT2D eigenvalue weighted by Gasteiger charge is -2.33. The standard InChI is InChI=1S/C22H26ClN3O2/c1-15-13-20(25-16(2)24-15)28-19-9-12-26(14-19)21(27)22(10-3-4-11-22)17-5-7-18(23)8-6-17/h5-8,13,19H,3-4,9-12,14H2,1-2H3/t19-/m1/s1. The summed E-state index contributed by atoms with van der Waals surface area (Å²) in [6, 6.07) is 9.66. The van der Waals surface area contributed by atoms with Crippen LogP contribution in [0.5, 0.6) is 5.88 Å². The minimum absolute atomic E-state index is 0.0266. The van der Waals surface area contributed by atoms with Crippen LogP contribution in [0.4, 0.5) is 0 Å². The van der Waals surface area contributed by atoms with Crippen molar-refractivity contribution in [1.82, 2.24) is 14.9 Å². The Morgan fingerprint density at radius 1 is 1.18 bits per heavy atom. The molecule has 0 unspecified atom stereocenters. The molecule has 1 saturated carbocycles. The van der Waals surface area contributed by atoms with Crippen LogP contribution < -0.4 is 4.74 Å². The Balaban J connectivity index is 1.49. The predicted molar refractivity (Wildman–Crippen MR) is 109 cm³/mol. The van der Waals surface area contributed by atoms with Crippen LogP contribution in [0.25, 0.3) is 0 Å².